The van der Waals surface area contributed by atoms with E-state index in [-0.39, 0.29) is 17.9 Å². The third-order valence-corrected chi connectivity index (χ3v) is 3.37. The average molecular weight is 243 g/mol. The van der Waals surface area contributed by atoms with E-state index in [1.54, 1.807) is 12.1 Å². The predicted molar refractivity (Wildman–Crippen MR) is 69.4 cm³/mol. The first-order valence-corrected chi connectivity index (χ1v) is 6.22. The molecule has 4 heteroatoms. The summed E-state index contributed by atoms with van der Waals surface area (Å²) in [6.45, 7) is 0. The summed E-state index contributed by atoms with van der Waals surface area (Å²) < 4.78 is 0. The van der Waals surface area contributed by atoms with Gasteiger partial charge in [-0.3, -0.25) is 4.79 Å². The number of nitrogens with zero attached hydrogens (tertiary/aromatic N) is 1. The molecule has 1 aromatic carbocycles. The SMILES string of the molecule is N#CC1CCCC1NC(=O)Cc1ccc(N)cc1. The first-order chi connectivity index (χ1) is 8.69. The third-order valence-electron chi connectivity index (χ3n) is 3.37. The maximum absolute atomic E-state index is 11.9. The molecule has 0 bridgehead atoms. The number of benzene rings is 1. The van der Waals surface area contributed by atoms with Crippen LogP contribution in [0.2, 0.25) is 0 Å². The van der Waals surface area contributed by atoms with Gasteiger partial charge in [0.05, 0.1) is 18.4 Å². The molecule has 0 heterocycles. The Morgan fingerprint density at radius 1 is 1.39 bits per heavy atom. The lowest BCUT2D eigenvalue weighted by atomic mass is 10.1. The quantitative estimate of drug-likeness (QED) is 0.792. The maximum atomic E-state index is 11.9. The molecule has 2 rings (SSSR count). The van der Waals surface area contributed by atoms with E-state index in [4.69, 9.17) is 11.0 Å². The van der Waals surface area contributed by atoms with Gasteiger partial charge in [-0.05, 0) is 37.0 Å². The highest BCUT2D eigenvalue weighted by Gasteiger charge is 2.28. The molecular weight excluding hydrogens is 226 g/mol. The number of anilines is 1. The minimum absolute atomic E-state index is 0.0214. The number of nitrogens with one attached hydrogen (secondary N) is 1. The van der Waals surface area contributed by atoms with Crippen molar-refractivity contribution in [2.45, 2.75) is 31.7 Å². The van der Waals surface area contributed by atoms with Crippen molar-refractivity contribution in [3.63, 3.8) is 0 Å². The highest BCUT2D eigenvalue weighted by Crippen LogP contribution is 2.24. The number of nitrogen functional groups attached to an aromatic ring is 1. The Balaban J connectivity index is 1.89. The fraction of sp³-hybridized carbons (Fsp3) is 0.429. The lowest BCUT2D eigenvalue weighted by Crippen LogP contribution is -2.37. The zero-order chi connectivity index (χ0) is 13.0. The van der Waals surface area contributed by atoms with Gasteiger partial charge in [-0.1, -0.05) is 12.1 Å². The molecule has 0 aromatic heterocycles. The van der Waals surface area contributed by atoms with E-state index >= 15 is 0 Å². The van der Waals surface area contributed by atoms with Crippen molar-refractivity contribution in [2.75, 3.05) is 5.73 Å². The van der Waals surface area contributed by atoms with Crippen LogP contribution >= 0.6 is 0 Å². The van der Waals surface area contributed by atoms with Gasteiger partial charge in [0.25, 0.3) is 0 Å². The van der Waals surface area contributed by atoms with Crippen LogP contribution in [0.4, 0.5) is 5.69 Å². The zero-order valence-corrected chi connectivity index (χ0v) is 10.2. The maximum Gasteiger partial charge on any atom is 0.224 e. The summed E-state index contributed by atoms with van der Waals surface area (Å²) in [5.74, 6) is -0.0488. The fourth-order valence-corrected chi connectivity index (χ4v) is 2.37. The van der Waals surface area contributed by atoms with Gasteiger partial charge in [0.1, 0.15) is 0 Å². The number of hydrogen-bond donors (Lipinski definition) is 2. The first kappa shape index (κ1) is 12.4. The number of amides is 1. The largest absolute Gasteiger partial charge is 0.399 e. The second-order valence-corrected chi connectivity index (χ2v) is 4.76. The van der Waals surface area contributed by atoms with Crippen molar-refractivity contribution >= 4 is 11.6 Å². The van der Waals surface area contributed by atoms with Gasteiger partial charge >= 0.3 is 0 Å². The van der Waals surface area contributed by atoms with Crippen LogP contribution in [0.25, 0.3) is 0 Å². The molecule has 1 amide bonds. The van der Waals surface area contributed by atoms with Gasteiger partial charge in [0, 0.05) is 11.7 Å². The lowest BCUT2D eigenvalue weighted by Gasteiger charge is -2.15. The van der Waals surface area contributed by atoms with Gasteiger partial charge < -0.3 is 11.1 Å². The van der Waals surface area contributed by atoms with Crippen molar-refractivity contribution in [3.8, 4) is 6.07 Å². The number of carbonyl (C=O) groups is 1. The average Bonchev–Trinajstić information content (AvgIpc) is 2.79. The molecule has 18 heavy (non-hydrogen) atoms. The lowest BCUT2D eigenvalue weighted by molar-refractivity contribution is -0.121. The smallest absolute Gasteiger partial charge is 0.224 e. The predicted octanol–water partition coefficient (Wildman–Crippen LogP) is 1.62. The number of nitrogens with two attached hydrogens (primary N) is 1. The zero-order valence-electron chi connectivity index (χ0n) is 10.2. The van der Waals surface area contributed by atoms with E-state index in [0.717, 1.165) is 24.8 Å². The summed E-state index contributed by atoms with van der Waals surface area (Å²) in [4.78, 5) is 11.9. The molecule has 0 saturated heterocycles. The van der Waals surface area contributed by atoms with Crippen molar-refractivity contribution in [2.24, 2.45) is 5.92 Å². The summed E-state index contributed by atoms with van der Waals surface area (Å²) in [5.41, 5.74) is 7.22. The van der Waals surface area contributed by atoms with Gasteiger partial charge in [-0.25, -0.2) is 0 Å². The van der Waals surface area contributed by atoms with Crippen molar-refractivity contribution in [3.05, 3.63) is 29.8 Å². The molecule has 1 saturated carbocycles. The van der Waals surface area contributed by atoms with E-state index in [1.165, 1.54) is 0 Å². The van der Waals surface area contributed by atoms with Crippen molar-refractivity contribution in [1.29, 1.82) is 5.26 Å². The molecule has 94 valence electrons. The van der Waals surface area contributed by atoms with Crippen LogP contribution in [-0.2, 0) is 11.2 Å². The Morgan fingerprint density at radius 2 is 2.11 bits per heavy atom. The van der Waals surface area contributed by atoms with Gasteiger partial charge in [0.2, 0.25) is 5.91 Å². The highest BCUT2D eigenvalue weighted by molar-refractivity contribution is 5.79. The molecule has 1 fully saturated rings. The number of rotatable bonds is 3. The fourth-order valence-electron chi connectivity index (χ4n) is 2.37. The molecule has 1 aromatic rings. The normalized spacial score (nSPS) is 22.4. The minimum Gasteiger partial charge on any atom is -0.399 e. The summed E-state index contributed by atoms with van der Waals surface area (Å²) in [7, 11) is 0. The van der Waals surface area contributed by atoms with E-state index < -0.39 is 0 Å². The van der Waals surface area contributed by atoms with Gasteiger partial charge in [-0.15, -0.1) is 0 Å². The van der Waals surface area contributed by atoms with E-state index in [0.29, 0.717) is 12.1 Å². The minimum atomic E-state index is -0.0274. The van der Waals surface area contributed by atoms with Crippen LogP contribution < -0.4 is 11.1 Å². The molecule has 1 aliphatic carbocycles. The number of hydrogen-bond acceptors (Lipinski definition) is 3. The van der Waals surface area contributed by atoms with E-state index in [9.17, 15) is 4.79 Å². The second-order valence-electron chi connectivity index (χ2n) is 4.76. The molecule has 2 atom stereocenters. The van der Waals surface area contributed by atoms with Crippen LogP contribution in [0, 0.1) is 17.2 Å². The number of nitriles is 1. The Labute approximate surface area is 107 Å². The van der Waals surface area contributed by atoms with Crippen molar-refractivity contribution < 1.29 is 4.79 Å². The third kappa shape index (κ3) is 3.01. The Hall–Kier alpha value is -2.02. The summed E-state index contributed by atoms with van der Waals surface area (Å²) in [5, 5.41) is 11.9. The molecule has 0 aliphatic heterocycles. The molecular formula is C14H17N3O. The highest BCUT2D eigenvalue weighted by atomic mass is 16.1. The second kappa shape index (κ2) is 5.54. The summed E-state index contributed by atoms with van der Waals surface area (Å²) in [6.07, 6.45) is 3.16. The summed E-state index contributed by atoms with van der Waals surface area (Å²) >= 11 is 0. The van der Waals surface area contributed by atoms with Crippen LogP contribution in [-0.4, -0.2) is 11.9 Å². The van der Waals surface area contributed by atoms with Gasteiger partial charge in [-0.2, -0.15) is 5.26 Å². The summed E-state index contributed by atoms with van der Waals surface area (Å²) in [6, 6.07) is 9.56. The molecule has 0 spiro atoms. The topological polar surface area (TPSA) is 78.9 Å². The molecule has 3 N–H and O–H groups in total. The number of carbonyl (C=O) groups excluding carboxylic acids is 1. The van der Waals surface area contributed by atoms with E-state index in [2.05, 4.69) is 11.4 Å². The van der Waals surface area contributed by atoms with Crippen LogP contribution in [0.3, 0.4) is 0 Å². The molecule has 0 radical (unpaired) electrons. The van der Waals surface area contributed by atoms with Crippen LogP contribution in [0.15, 0.2) is 24.3 Å². The monoisotopic (exact) mass is 243 g/mol. The standard InChI is InChI=1S/C14H17N3O/c15-9-11-2-1-3-13(11)17-14(18)8-10-4-6-12(16)7-5-10/h4-7,11,13H,1-3,8,16H2,(H,17,18). The van der Waals surface area contributed by atoms with E-state index in [1.807, 2.05) is 12.1 Å². The van der Waals surface area contributed by atoms with Crippen LogP contribution in [0.1, 0.15) is 24.8 Å². The molecule has 2 unspecified atom stereocenters. The van der Waals surface area contributed by atoms with Crippen molar-refractivity contribution in [1.82, 2.24) is 5.32 Å². The molecule has 4 nitrogen and oxygen atoms in total. The Bertz CT molecular complexity index is 461. The Morgan fingerprint density at radius 3 is 2.78 bits per heavy atom. The molecule has 1 aliphatic rings. The van der Waals surface area contributed by atoms with Crippen LogP contribution in [0.5, 0.6) is 0 Å². The first-order valence-electron chi connectivity index (χ1n) is 6.22. The Kier molecular flexibility index (Phi) is 3.83. The van der Waals surface area contributed by atoms with Gasteiger partial charge in [0.15, 0.2) is 0 Å².